The molecule has 0 saturated heterocycles. The Hall–Kier alpha value is -0.600. The van der Waals surface area contributed by atoms with E-state index in [2.05, 4.69) is 13.5 Å². The summed E-state index contributed by atoms with van der Waals surface area (Å²) in [6, 6.07) is 0. The van der Waals surface area contributed by atoms with Gasteiger partial charge in [-0.25, -0.2) is 0 Å². The Labute approximate surface area is 138 Å². The van der Waals surface area contributed by atoms with E-state index in [9.17, 15) is 10.2 Å². The van der Waals surface area contributed by atoms with E-state index in [0.29, 0.717) is 12.8 Å². The van der Waals surface area contributed by atoms with Crippen LogP contribution in [0.5, 0.6) is 0 Å². The second-order valence-corrected chi connectivity index (χ2v) is 6.39. The fourth-order valence-corrected chi connectivity index (χ4v) is 2.66. The summed E-state index contributed by atoms with van der Waals surface area (Å²) < 4.78 is 0. The molecule has 0 fully saturated rings. The zero-order valence-corrected chi connectivity index (χ0v) is 14.7. The summed E-state index contributed by atoms with van der Waals surface area (Å²) in [6.07, 6.45) is 19.5. The predicted octanol–water partition coefficient (Wildman–Crippen LogP) is 5.54. The summed E-state index contributed by atoms with van der Waals surface area (Å²) in [5, 5.41) is 19.7. The predicted molar refractivity (Wildman–Crippen MR) is 97.0 cm³/mol. The minimum atomic E-state index is -0.422. The third-order valence-electron chi connectivity index (χ3n) is 4.06. The van der Waals surface area contributed by atoms with Crippen LogP contribution in [0, 0.1) is 0 Å². The highest BCUT2D eigenvalue weighted by Crippen LogP contribution is 2.14. The molecule has 0 aromatic rings. The van der Waals surface area contributed by atoms with Crippen molar-refractivity contribution in [2.75, 3.05) is 0 Å². The second-order valence-electron chi connectivity index (χ2n) is 6.39. The third kappa shape index (κ3) is 15.8. The molecule has 0 bridgehead atoms. The van der Waals surface area contributed by atoms with Crippen molar-refractivity contribution in [2.45, 2.75) is 103 Å². The maximum Gasteiger partial charge on any atom is 0.0599 e. The van der Waals surface area contributed by atoms with Crippen LogP contribution < -0.4 is 0 Å². The average Bonchev–Trinajstić information content (AvgIpc) is 2.50. The second kappa shape index (κ2) is 16.8. The lowest BCUT2D eigenvalue weighted by atomic mass is 10.0. The van der Waals surface area contributed by atoms with Gasteiger partial charge in [-0.3, -0.25) is 0 Å². The molecule has 0 saturated carbocycles. The van der Waals surface area contributed by atoms with E-state index in [4.69, 9.17) is 0 Å². The van der Waals surface area contributed by atoms with E-state index in [0.717, 1.165) is 19.3 Å². The molecule has 2 heteroatoms. The highest BCUT2D eigenvalue weighted by Gasteiger charge is 2.10. The van der Waals surface area contributed by atoms with Gasteiger partial charge >= 0.3 is 0 Å². The standard InChI is InChI=1S/C20H38O2/c1-3-5-7-9-10-11-12-13-15-17-20(22)18-19(21)16-14-8-6-4-2/h4,8,14,19-22H,2-3,5-7,9-13,15-18H2,1H3. The fraction of sp³-hybridized carbons (Fsp3) is 0.800. The summed E-state index contributed by atoms with van der Waals surface area (Å²) in [5.41, 5.74) is 0. The van der Waals surface area contributed by atoms with Gasteiger partial charge < -0.3 is 10.2 Å². The van der Waals surface area contributed by atoms with Gasteiger partial charge in [-0.05, 0) is 25.7 Å². The van der Waals surface area contributed by atoms with Gasteiger partial charge in [-0.1, -0.05) is 82.9 Å². The molecular weight excluding hydrogens is 272 g/mol. The van der Waals surface area contributed by atoms with Crippen LogP contribution in [0.4, 0.5) is 0 Å². The highest BCUT2D eigenvalue weighted by molar-refractivity contribution is 4.89. The molecule has 0 radical (unpaired) electrons. The van der Waals surface area contributed by atoms with Crippen LogP contribution in [0.15, 0.2) is 24.8 Å². The monoisotopic (exact) mass is 310 g/mol. The van der Waals surface area contributed by atoms with Crippen molar-refractivity contribution in [3.63, 3.8) is 0 Å². The van der Waals surface area contributed by atoms with Crippen molar-refractivity contribution in [3.8, 4) is 0 Å². The Bertz CT molecular complexity index is 260. The lowest BCUT2D eigenvalue weighted by molar-refractivity contribution is 0.0756. The summed E-state index contributed by atoms with van der Waals surface area (Å²) in [4.78, 5) is 0. The van der Waals surface area contributed by atoms with Gasteiger partial charge in [0, 0.05) is 0 Å². The van der Waals surface area contributed by atoms with Crippen LogP contribution in [0.1, 0.15) is 90.4 Å². The molecule has 0 rings (SSSR count). The first kappa shape index (κ1) is 21.4. The van der Waals surface area contributed by atoms with Crippen LogP contribution in [-0.2, 0) is 0 Å². The quantitative estimate of drug-likeness (QED) is 0.290. The lowest BCUT2D eigenvalue weighted by Gasteiger charge is -2.14. The summed E-state index contributed by atoms with van der Waals surface area (Å²) in [7, 11) is 0. The van der Waals surface area contributed by atoms with Crippen molar-refractivity contribution >= 4 is 0 Å². The number of rotatable bonds is 16. The van der Waals surface area contributed by atoms with Gasteiger partial charge in [-0.2, -0.15) is 0 Å². The molecule has 0 aliphatic carbocycles. The summed E-state index contributed by atoms with van der Waals surface area (Å²) in [5.74, 6) is 0. The fourth-order valence-electron chi connectivity index (χ4n) is 2.66. The number of unbranched alkanes of at least 4 members (excludes halogenated alkanes) is 8. The molecule has 2 N–H and O–H groups in total. The minimum Gasteiger partial charge on any atom is -0.393 e. The summed E-state index contributed by atoms with van der Waals surface area (Å²) >= 11 is 0. The van der Waals surface area contributed by atoms with Gasteiger partial charge in [0.1, 0.15) is 0 Å². The van der Waals surface area contributed by atoms with Crippen molar-refractivity contribution in [3.05, 3.63) is 24.8 Å². The molecule has 22 heavy (non-hydrogen) atoms. The largest absolute Gasteiger partial charge is 0.393 e. The van der Waals surface area contributed by atoms with Gasteiger partial charge in [0.2, 0.25) is 0 Å². The van der Waals surface area contributed by atoms with Gasteiger partial charge in [0.15, 0.2) is 0 Å². The first-order valence-corrected chi connectivity index (χ1v) is 9.32. The zero-order chi connectivity index (χ0) is 16.5. The van der Waals surface area contributed by atoms with Crippen LogP contribution in [-0.4, -0.2) is 22.4 Å². The zero-order valence-electron chi connectivity index (χ0n) is 14.7. The Balaban J connectivity index is 3.37. The molecule has 2 atom stereocenters. The van der Waals surface area contributed by atoms with E-state index >= 15 is 0 Å². The first-order valence-electron chi connectivity index (χ1n) is 9.32. The molecule has 0 aromatic carbocycles. The number of aliphatic hydroxyl groups is 2. The topological polar surface area (TPSA) is 40.5 Å². The van der Waals surface area contributed by atoms with Crippen LogP contribution in [0.25, 0.3) is 0 Å². The van der Waals surface area contributed by atoms with Crippen LogP contribution >= 0.6 is 0 Å². The maximum absolute atomic E-state index is 9.92. The molecule has 2 unspecified atom stereocenters. The van der Waals surface area contributed by atoms with Crippen LogP contribution in [0.3, 0.4) is 0 Å². The molecule has 0 heterocycles. The molecule has 130 valence electrons. The number of hydrogen-bond donors (Lipinski definition) is 2. The first-order chi connectivity index (χ1) is 10.7. The Morgan fingerprint density at radius 1 is 0.818 bits per heavy atom. The Morgan fingerprint density at radius 3 is 2.00 bits per heavy atom. The number of hydrogen-bond acceptors (Lipinski definition) is 2. The van der Waals surface area contributed by atoms with Gasteiger partial charge in [-0.15, -0.1) is 6.58 Å². The number of aliphatic hydroxyl groups excluding tert-OH is 2. The van der Waals surface area contributed by atoms with Crippen molar-refractivity contribution < 1.29 is 10.2 Å². The SMILES string of the molecule is C=CCC=CCC(O)CC(O)CCCCCCCCCCC. The van der Waals surface area contributed by atoms with Gasteiger partial charge in [0.05, 0.1) is 12.2 Å². The Morgan fingerprint density at radius 2 is 1.41 bits per heavy atom. The molecule has 0 aliphatic rings. The van der Waals surface area contributed by atoms with E-state index in [-0.39, 0.29) is 6.10 Å². The van der Waals surface area contributed by atoms with E-state index < -0.39 is 6.10 Å². The minimum absolute atomic E-state index is 0.354. The maximum atomic E-state index is 9.92. The summed E-state index contributed by atoms with van der Waals surface area (Å²) in [6.45, 7) is 5.90. The highest BCUT2D eigenvalue weighted by atomic mass is 16.3. The van der Waals surface area contributed by atoms with Crippen molar-refractivity contribution in [1.82, 2.24) is 0 Å². The lowest BCUT2D eigenvalue weighted by Crippen LogP contribution is -2.17. The van der Waals surface area contributed by atoms with Gasteiger partial charge in [0.25, 0.3) is 0 Å². The van der Waals surface area contributed by atoms with Crippen LogP contribution in [0.2, 0.25) is 0 Å². The molecular formula is C20H38O2. The van der Waals surface area contributed by atoms with E-state index in [1.807, 2.05) is 18.2 Å². The van der Waals surface area contributed by atoms with Crippen molar-refractivity contribution in [1.29, 1.82) is 0 Å². The van der Waals surface area contributed by atoms with E-state index in [1.165, 1.54) is 51.4 Å². The third-order valence-corrected chi connectivity index (χ3v) is 4.06. The molecule has 0 amide bonds. The molecule has 2 nitrogen and oxygen atoms in total. The molecule has 0 aliphatic heterocycles. The Kier molecular flexibility index (Phi) is 16.3. The normalized spacial score (nSPS) is 14.3. The molecule has 0 spiro atoms. The van der Waals surface area contributed by atoms with Crippen molar-refractivity contribution in [2.24, 2.45) is 0 Å². The number of allylic oxidation sites excluding steroid dienone is 2. The smallest absolute Gasteiger partial charge is 0.0599 e. The average molecular weight is 311 g/mol. The van der Waals surface area contributed by atoms with E-state index in [1.54, 1.807) is 0 Å². The molecule has 0 aromatic heterocycles.